The molecule has 36 heavy (non-hydrogen) atoms. The van der Waals surface area contributed by atoms with Crippen LogP contribution in [0.25, 0.3) is 10.9 Å². The highest BCUT2D eigenvalue weighted by Crippen LogP contribution is 2.32. The molecule has 1 aromatic heterocycles. The maximum atomic E-state index is 13.3. The minimum Gasteiger partial charge on any atom is -0.452 e. The van der Waals surface area contributed by atoms with E-state index in [4.69, 9.17) is 9.72 Å². The van der Waals surface area contributed by atoms with Crippen LogP contribution in [0, 0.1) is 16.0 Å². The molecule has 2 aromatic carbocycles. The predicted molar refractivity (Wildman–Crippen MR) is 135 cm³/mol. The maximum absolute atomic E-state index is 13.3. The Kier molecular flexibility index (Phi) is 6.54. The van der Waals surface area contributed by atoms with Crippen LogP contribution in [-0.2, 0) is 22.4 Å². The average Bonchev–Trinajstić information content (AvgIpc) is 2.90. The van der Waals surface area contributed by atoms with Crippen molar-refractivity contribution in [3.05, 3.63) is 75.5 Å². The second-order valence-electron chi connectivity index (χ2n) is 9.49. The number of non-ortho nitro benzene ring substituents is 1. The zero-order valence-corrected chi connectivity index (χ0v) is 20.2. The molecule has 0 spiro atoms. The second-order valence-corrected chi connectivity index (χ2v) is 9.49. The minimum absolute atomic E-state index is 0.0482. The third-order valence-electron chi connectivity index (χ3n) is 7.09. The molecule has 1 saturated heterocycles. The van der Waals surface area contributed by atoms with E-state index in [0.717, 1.165) is 47.1 Å². The maximum Gasteiger partial charge on any atom is 0.339 e. The molecular weight excluding hydrogens is 460 g/mol. The molecule has 0 N–H and O–H groups in total. The van der Waals surface area contributed by atoms with Crippen LogP contribution in [0.1, 0.15) is 35.0 Å². The third-order valence-corrected chi connectivity index (χ3v) is 7.09. The number of fused-ring (bicyclic) bond motifs is 2. The number of anilines is 1. The molecule has 1 aliphatic carbocycles. The molecule has 9 heteroatoms. The van der Waals surface area contributed by atoms with Gasteiger partial charge in [-0.15, -0.1) is 0 Å². The first-order valence-electron chi connectivity index (χ1n) is 12.3. The van der Waals surface area contributed by atoms with Gasteiger partial charge in [0, 0.05) is 55.1 Å². The van der Waals surface area contributed by atoms with Crippen molar-refractivity contribution in [2.45, 2.75) is 26.2 Å². The van der Waals surface area contributed by atoms with E-state index in [1.54, 1.807) is 17.0 Å². The summed E-state index contributed by atoms with van der Waals surface area (Å²) in [6.45, 7) is 4.02. The number of aromatic nitrogens is 1. The van der Waals surface area contributed by atoms with E-state index in [9.17, 15) is 19.7 Å². The van der Waals surface area contributed by atoms with Crippen molar-refractivity contribution in [1.29, 1.82) is 0 Å². The lowest BCUT2D eigenvalue weighted by atomic mass is 9.84. The van der Waals surface area contributed by atoms with Crippen molar-refractivity contribution in [1.82, 2.24) is 9.88 Å². The monoisotopic (exact) mass is 488 g/mol. The summed E-state index contributed by atoms with van der Waals surface area (Å²) in [5, 5.41) is 11.6. The van der Waals surface area contributed by atoms with E-state index in [1.165, 1.54) is 12.1 Å². The fraction of sp³-hybridized carbons (Fsp3) is 0.370. The molecular formula is C27H28N4O5. The summed E-state index contributed by atoms with van der Waals surface area (Å²) in [6.07, 6.45) is 2.65. The van der Waals surface area contributed by atoms with Crippen LogP contribution in [0.15, 0.2) is 48.5 Å². The van der Waals surface area contributed by atoms with Gasteiger partial charge in [-0.25, -0.2) is 4.79 Å². The van der Waals surface area contributed by atoms with Crippen LogP contribution in [0.5, 0.6) is 0 Å². The molecule has 1 unspecified atom stereocenters. The number of aryl methyl sites for hydroxylation is 1. The summed E-state index contributed by atoms with van der Waals surface area (Å²) >= 11 is 0. The summed E-state index contributed by atoms with van der Waals surface area (Å²) < 4.78 is 5.56. The quantitative estimate of drug-likeness (QED) is 0.306. The van der Waals surface area contributed by atoms with Gasteiger partial charge in [0.2, 0.25) is 0 Å². The molecule has 3 aromatic rings. The highest BCUT2D eigenvalue weighted by Gasteiger charge is 2.28. The first kappa shape index (κ1) is 23.7. The van der Waals surface area contributed by atoms with E-state index >= 15 is 0 Å². The van der Waals surface area contributed by atoms with Gasteiger partial charge in [0.15, 0.2) is 6.61 Å². The number of ether oxygens (including phenoxy) is 1. The Morgan fingerprint density at radius 3 is 2.53 bits per heavy atom. The number of hydrogen-bond acceptors (Lipinski definition) is 7. The normalized spacial score (nSPS) is 17.5. The number of carbonyl (C=O) groups is 2. The average molecular weight is 489 g/mol. The first-order valence-corrected chi connectivity index (χ1v) is 12.3. The van der Waals surface area contributed by atoms with Crippen molar-refractivity contribution in [3.63, 3.8) is 0 Å². The van der Waals surface area contributed by atoms with Gasteiger partial charge in [-0.1, -0.05) is 25.1 Å². The van der Waals surface area contributed by atoms with Gasteiger partial charge in [0.05, 0.1) is 16.0 Å². The van der Waals surface area contributed by atoms with E-state index in [2.05, 4.69) is 11.8 Å². The predicted octanol–water partition coefficient (Wildman–Crippen LogP) is 3.77. The van der Waals surface area contributed by atoms with E-state index in [-0.39, 0.29) is 18.2 Å². The fourth-order valence-electron chi connectivity index (χ4n) is 5.09. The van der Waals surface area contributed by atoms with Gasteiger partial charge >= 0.3 is 5.97 Å². The fourth-order valence-corrected chi connectivity index (χ4v) is 5.09. The molecule has 1 amide bonds. The van der Waals surface area contributed by atoms with Gasteiger partial charge in [-0.2, -0.15) is 0 Å². The number of hydrogen-bond donors (Lipinski definition) is 0. The molecule has 5 rings (SSSR count). The number of nitrogens with zero attached hydrogens (tertiary/aromatic N) is 4. The zero-order valence-electron chi connectivity index (χ0n) is 20.2. The molecule has 1 fully saturated rings. The van der Waals surface area contributed by atoms with Crippen molar-refractivity contribution in [2.24, 2.45) is 5.92 Å². The van der Waals surface area contributed by atoms with Crippen LogP contribution >= 0.6 is 0 Å². The molecule has 0 bridgehead atoms. The topological polar surface area (TPSA) is 106 Å². The van der Waals surface area contributed by atoms with Crippen LogP contribution in [-0.4, -0.2) is 59.5 Å². The Morgan fingerprint density at radius 2 is 1.81 bits per heavy atom. The molecule has 0 saturated carbocycles. The molecule has 9 nitrogen and oxygen atoms in total. The van der Waals surface area contributed by atoms with Crippen LogP contribution in [0.2, 0.25) is 0 Å². The number of carbonyl (C=O) groups excluding carboxylic acids is 2. The lowest BCUT2D eigenvalue weighted by Gasteiger charge is -2.36. The Morgan fingerprint density at radius 1 is 1.08 bits per heavy atom. The van der Waals surface area contributed by atoms with Crippen molar-refractivity contribution < 1.29 is 19.2 Å². The van der Waals surface area contributed by atoms with Crippen LogP contribution in [0.4, 0.5) is 11.4 Å². The molecule has 0 radical (unpaired) electrons. The van der Waals surface area contributed by atoms with Gasteiger partial charge in [-0.3, -0.25) is 19.9 Å². The van der Waals surface area contributed by atoms with E-state index in [1.807, 2.05) is 24.3 Å². The Balaban J connectivity index is 1.23. The summed E-state index contributed by atoms with van der Waals surface area (Å²) in [5.74, 6) is -0.246. The number of pyridine rings is 1. The van der Waals surface area contributed by atoms with Crippen molar-refractivity contribution in [2.75, 3.05) is 37.7 Å². The lowest BCUT2D eigenvalue weighted by molar-refractivity contribution is -0.384. The standard InChI is InChI=1S/C27H28N4O5/c1-18-6-11-24-22(16-18)26(21-4-2-3-5-23(21)28-24)27(33)36-17-25(32)30-14-12-29(13-15-30)19-7-9-20(10-8-19)31(34)35/h2-5,7-10,18H,6,11-17H2,1H3. The Labute approximate surface area is 208 Å². The SMILES string of the molecule is CC1CCc2nc3ccccc3c(C(=O)OCC(=O)N3CCN(c4ccc([N+](=O)[O-])cc4)CC3)c2C1. The minimum atomic E-state index is -0.475. The molecule has 2 heterocycles. The zero-order chi connectivity index (χ0) is 25.2. The van der Waals surface area contributed by atoms with Gasteiger partial charge in [0.25, 0.3) is 11.6 Å². The van der Waals surface area contributed by atoms with Crippen LogP contribution < -0.4 is 4.90 Å². The summed E-state index contributed by atoms with van der Waals surface area (Å²) in [6, 6.07) is 14.0. The highest BCUT2D eigenvalue weighted by molar-refractivity contribution is 6.05. The number of amides is 1. The number of benzene rings is 2. The number of piperazine rings is 1. The van der Waals surface area contributed by atoms with Gasteiger partial charge in [0.1, 0.15) is 0 Å². The number of nitro benzene ring substituents is 1. The Bertz CT molecular complexity index is 1320. The second kappa shape index (κ2) is 9.93. The number of para-hydroxylation sites is 1. The molecule has 1 atom stereocenters. The van der Waals surface area contributed by atoms with E-state index in [0.29, 0.717) is 37.7 Å². The summed E-state index contributed by atoms with van der Waals surface area (Å²) in [5.41, 5.74) is 4.13. The first-order chi connectivity index (χ1) is 17.4. The number of esters is 1. The third kappa shape index (κ3) is 4.73. The van der Waals surface area contributed by atoms with Gasteiger partial charge < -0.3 is 14.5 Å². The largest absolute Gasteiger partial charge is 0.452 e. The summed E-state index contributed by atoms with van der Waals surface area (Å²) in [7, 11) is 0. The molecule has 186 valence electrons. The van der Waals surface area contributed by atoms with Crippen molar-refractivity contribution in [3.8, 4) is 0 Å². The smallest absolute Gasteiger partial charge is 0.339 e. The Hall–Kier alpha value is -4.01. The van der Waals surface area contributed by atoms with Crippen molar-refractivity contribution >= 4 is 34.2 Å². The number of nitro groups is 1. The molecule has 2 aliphatic rings. The number of rotatable bonds is 5. The lowest BCUT2D eigenvalue weighted by Crippen LogP contribution is -2.49. The summed E-state index contributed by atoms with van der Waals surface area (Å²) in [4.78, 5) is 45.1. The van der Waals surface area contributed by atoms with E-state index < -0.39 is 10.9 Å². The van der Waals surface area contributed by atoms with Crippen LogP contribution in [0.3, 0.4) is 0 Å². The molecule has 1 aliphatic heterocycles. The van der Waals surface area contributed by atoms with Gasteiger partial charge in [-0.05, 0) is 48.9 Å². The highest BCUT2D eigenvalue weighted by atomic mass is 16.6.